The molecule has 3 aromatic heterocycles. The van der Waals surface area contributed by atoms with E-state index in [1.165, 1.54) is 39.8 Å². The van der Waals surface area contributed by atoms with Crippen LogP contribution in [0.25, 0.3) is 33.3 Å². The van der Waals surface area contributed by atoms with Crippen molar-refractivity contribution in [1.82, 2.24) is 19.3 Å². The molecular formula is C46H52N4OPt. The molecule has 272 valence electrons. The van der Waals surface area contributed by atoms with Gasteiger partial charge in [-0.3, -0.25) is 4.68 Å². The topological polar surface area (TPSA) is 44.9 Å². The van der Waals surface area contributed by atoms with Gasteiger partial charge in [-0.2, -0.15) is 11.2 Å². The summed E-state index contributed by atoms with van der Waals surface area (Å²) in [7, 11) is 0. The number of rotatable bonds is 9. The molecule has 1 aliphatic carbocycles. The predicted octanol–water partition coefficient (Wildman–Crippen LogP) is 12.0. The van der Waals surface area contributed by atoms with E-state index in [1.807, 2.05) is 12.3 Å². The van der Waals surface area contributed by atoms with Gasteiger partial charge in [-0.15, -0.1) is 41.3 Å². The molecule has 0 amide bonds. The van der Waals surface area contributed by atoms with Crippen LogP contribution in [0.5, 0.6) is 11.5 Å². The predicted molar refractivity (Wildman–Crippen MR) is 211 cm³/mol. The van der Waals surface area contributed by atoms with Gasteiger partial charge in [0.05, 0.1) is 5.69 Å². The summed E-state index contributed by atoms with van der Waals surface area (Å²) < 4.78 is 11.1. The molecule has 1 unspecified atom stereocenters. The minimum Gasteiger partial charge on any atom is -0.509 e. The minimum absolute atomic E-state index is 0. The summed E-state index contributed by atoms with van der Waals surface area (Å²) in [5, 5.41) is 7.56. The maximum atomic E-state index is 6.75. The van der Waals surface area contributed by atoms with Crippen LogP contribution >= 0.6 is 0 Å². The molecule has 52 heavy (non-hydrogen) atoms. The number of ether oxygens (including phenoxy) is 1. The van der Waals surface area contributed by atoms with Crippen LogP contribution in [-0.2, 0) is 39.3 Å². The fourth-order valence-corrected chi connectivity index (χ4v) is 7.91. The Morgan fingerprint density at radius 1 is 0.962 bits per heavy atom. The molecule has 0 aliphatic heterocycles. The third-order valence-electron chi connectivity index (χ3n) is 10.8. The van der Waals surface area contributed by atoms with Crippen molar-refractivity contribution in [2.24, 2.45) is 11.8 Å². The number of hydrogen-bond donors (Lipinski definition) is 0. The molecule has 3 aromatic carbocycles. The van der Waals surface area contributed by atoms with Crippen LogP contribution < -0.4 is 4.74 Å². The largest absolute Gasteiger partial charge is 2.00 e. The number of para-hydroxylation sites is 1. The van der Waals surface area contributed by atoms with Crippen molar-refractivity contribution in [3.05, 3.63) is 119 Å². The first kappa shape index (κ1) is 37.8. The van der Waals surface area contributed by atoms with Crippen molar-refractivity contribution < 1.29 is 25.8 Å². The van der Waals surface area contributed by atoms with Gasteiger partial charge >= 0.3 is 21.1 Å². The molecule has 6 heteroatoms. The number of aryl methyl sites for hydroxylation is 2. The zero-order valence-electron chi connectivity index (χ0n) is 32.2. The SMILES string of the molecule is CCc1ccnc(-n2c3[c-]c(Oc4[c-]c(-n5nc(C)c(C6C(C)=CCC[C@@H]6C)c5CCC(C)C)cc(C(C)(C)C)c4)ccc3c3ccccc32)c1.[Pt+2]. The van der Waals surface area contributed by atoms with E-state index in [1.54, 1.807) is 0 Å². The maximum Gasteiger partial charge on any atom is 2.00 e. The van der Waals surface area contributed by atoms with E-state index in [0.717, 1.165) is 59.3 Å². The number of benzene rings is 3. The third kappa shape index (κ3) is 7.31. The normalized spacial score (nSPS) is 16.4. The molecule has 0 N–H and O–H groups in total. The quantitative estimate of drug-likeness (QED) is 0.107. The monoisotopic (exact) mass is 871 g/mol. The van der Waals surface area contributed by atoms with E-state index in [0.29, 0.717) is 29.3 Å². The van der Waals surface area contributed by atoms with Crippen LogP contribution in [0, 0.1) is 30.9 Å². The second-order valence-electron chi connectivity index (χ2n) is 16.1. The fraction of sp³-hybridized carbons (Fsp3) is 0.391. The summed E-state index contributed by atoms with van der Waals surface area (Å²) in [5.41, 5.74) is 10.6. The Morgan fingerprint density at radius 3 is 2.48 bits per heavy atom. The summed E-state index contributed by atoms with van der Waals surface area (Å²) in [6, 6.07) is 28.6. The summed E-state index contributed by atoms with van der Waals surface area (Å²) in [6.45, 7) is 20.5. The fourth-order valence-electron chi connectivity index (χ4n) is 7.91. The Morgan fingerprint density at radius 2 is 1.75 bits per heavy atom. The van der Waals surface area contributed by atoms with E-state index in [9.17, 15) is 0 Å². The van der Waals surface area contributed by atoms with Crippen LogP contribution in [0.15, 0.2) is 78.5 Å². The third-order valence-corrected chi connectivity index (χ3v) is 10.8. The maximum absolute atomic E-state index is 6.75. The summed E-state index contributed by atoms with van der Waals surface area (Å²) in [5.74, 6) is 3.74. The molecular weight excluding hydrogens is 820 g/mol. The van der Waals surface area contributed by atoms with Crippen LogP contribution in [0.4, 0.5) is 0 Å². The van der Waals surface area contributed by atoms with Gasteiger partial charge in [-0.05, 0) is 98.0 Å². The van der Waals surface area contributed by atoms with Crippen LogP contribution in [-0.4, -0.2) is 19.3 Å². The van der Waals surface area contributed by atoms with Crippen LogP contribution in [0.3, 0.4) is 0 Å². The average molecular weight is 872 g/mol. The molecule has 0 radical (unpaired) electrons. The van der Waals surface area contributed by atoms with Crippen molar-refractivity contribution in [3.8, 4) is 23.0 Å². The first-order valence-corrected chi connectivity index (χ1v) is 18.8. The molecule has 0 bridgehead atoms. The number of hydrogen-bond acceptors (Lipinski definition) is 3. The standard InChI is InChI=1S/C46H52N4O.Pt/c1-10-33-22-23-47-43(24-33)49-40-17-12-11-16-38(40)39-20-19-36(28-42(39)49)51-37-26-34(46(7,8)9)25-35(27-37)50-41(21-18-29(2)3)45(32(6)48-50)44-30(4)14-13-15-31(44)5;/h11-12,14,16-17,19-20,22-26,29,31,44H,10,13,15,18,21H2,1-9H3;/q-2;+2/t31-,44?;/m0./s1. The van der Waals surface area contributed by atoms with Gasteiger partial charge in [-0.1, -0.05) is 83.8 Å². The first-order chi connectivity index (χ1) is 24.4. The smallest absolute Gasteiger partial charge is 0.509 e. The number of allylic oxidation sites excluding steroid dienone is 2. The van der Waals surface area contributed by atoms with Crippen molar-refractivity contribution in [2.45, 2.75) is 106 Å². The zero-order valence-corrected chi connectivity index (χ0v) is 34.5. The molecule has 0 spiro atoms. The van der Waals surface area contributed by atoms with E-state index in [2.05, 4.69) is 144 Å². The van der Waals surface area contributed by atoms with Gasteiger partial charge in [0.2, 0.25) is 0 Å². The summed E-state index contributed by atoms with van der Waals surface area (Å²) in [4.78, 5) is 4.80. The molecule has 7 rings (SSSR count). The number of fused-ring (bicyclic) bond motifs is 3. The Bertz CT molecular complexity index is 2250. The Balaban J connectivity index is 0.00000464. The van der Waals surface area contributed by atoms with Crippen molar-refractivity contribution in [2.75, 3.05) is 0 Å². The van der Waals surface area contributed by atoms with Gasteiger partial charge < -0.3 is 9.30 Å². The Kier molecular flexibility index (Phi) is 11.0. The Hall–Kier alpha value is -3.95. The molecule has 0 saturated heterocycles. The van der Waals surface area contributed by atoms with Crippen LogP contribution in [0.1, 0.15) is 109 Å². The van der Waals surface area contributed by atoms with E-state index in [4.69, 9.17) is 14.8 Å². The van der Waals surface area contributed by atoms with E-state index >= 15 is 0 Å². The van der Waals surface area contributed by atoms with Crippen molar-refractivity contribution in [3.63, 3.8) is 0 Å². The number of pyridine rings is 1. The number of nitrogens with zero attached hydrogens (tertiary/aromatic N) is 4. The second kappa shape index (κ2) is 15.2. The molecule has 2 atom stereocenters. The second-order valence-corrected chi connectivity index (χ2v) is 16.1. The molecule has 3 heterocycles. The molecule has 0 saturated carbocycles. The average Bonchev–Trinajstić information content (AvgIpc) is 3.60. The Labute approximate surface area is 324 Å². The summed E-state index contributed by atoms with van der Waals surface area (Å²) in [6.07, 6.45) is 9.72. The molecule has 0 fully saturated rings. The van der Waals surface area contributed by atoms with Gasteiger partial charge in [0.15, 0.2) is 0 Å². The van der Waals surface area contributed by atoms with Gasteiger partial charge in [0, 0.05) is 40.4 Å². The molecule has 6 aromatic rings. The molecule has 5 nitrogen and oxygen atoms in total. The van der Waals surface area contributed by atoms with Crippen molar-refractivity contribution >= 4 is 21.8 Å². The van der Waals surface area contributed by atoms with Gasteiger partial charge in [0.25, 0.3) is 0 Å². The van der Waals surface area contributed by atoms with Gasteiger partial charge in [0.1, 0.15) is 5.82 Å². The van der Waals surface area contributed by atoms with Crippen LogP contribution in [0.2, 0.25) is 0 Å². The number of aromatic nitrogens is 4. The first-order valence-electron chi connectivity index (χ1n) is 18.8. The summed E-state index contributed by atoms with van der Waals surface area (Å²) >= 11 is 0. The van der Waals surface area contributed by atoms with E-state index in [-0.39, 0.29) is 26.5 Å². The van der Waals surface area contributed by atoms with Gasteiger partial charge in [-0.25, -0.2) is 4.98 Å². The van der Waals surface area contributed by atoms with Crippen molar-refractivity contribution in [1.29, 1.82) is 0 Å². The zero-order chi connectivity index (χ0) is 36.0. The minimum atomic E-state index is -0.113. The van der Waals surface area contributed by atoms with E-state index < -0.39 is 0 Å². The molecule has 1 aliphatic rings.